The Labute approximate surface area is 412 Å². The minimum atomic E-state index is -0.481. The molecular formula is C69H43NO. The Balaban J connectivity index is 0.925. The third-order valence-electron chi connectivity index (χ3n) is 15.5. The Bertz CT molecular complexity index is 4220. The Kier molecular flexibility index (Phi) is 8.61. The maximum absolute atomic E-state index is 7.03. The third-order valence-corrected chi connectivity index (χ3v) is 15.5. The summed E-state index contributed by atoms with van der Waals surface area (Å²) in [5.74, 6) is 0. The van der Waals surface area contributed by atoms with Crippen molar-refractivity contribution in [1.82, 2.24) is 0 Å². The highest BCUT2D eigenvalue weighted by atomic mass is 16.3. The van der Waals surface area contributed by atoms with Gasteiger partial charge in [0.15, 0.2) is 0 Å². The Morgan fingerprint density at radius 3 is 1.44 bits per heavy atom. The summed E-state index contributed by atoms with van der Waals surface area (Å²) in [6, 6.07) is 96.0. The summed E-state index contributed by atoms with van der Waals surface area (Å²) in [7, 11) is 0. The highest BCUT2D eigenvalue weighted by molar-refractivity contribution is 6.18. The monoisotopic (exact) mass is 901 g/mol. The molecule has 0 saturated carbocycles. The summed E-state index contributed by atoms with van der Waals surface area (Å²) >= 11 is 0. The molecule has 2 nitrogen and oxygen atoms in total. The van der Waals surface area contributed by atoms with Gasteiger partial charge in [-0.2, -0.15) is 0 Å². The van der Waals surface area contributed by atoms with Crippen molar-refractivity contribution in [2.24, 2.45) is 0 Å². The predicted octanol–water partition coefficient (Wildman–Crippen LogP) is 18.7. The van der Waals surface area contributed by atoms with Gasteiger partial charge in [0.2, 0.25) is 0 Å². The fourth-order valence-electron chi connectivity index (χ4n) is 12.4. The maximum Gasteiger partial charge on any atom is 0.143 e. The van der Waals surface area contributed by atoms with Crippen molar-refractivity contribution in [3.05, 3.63) is 283 Å². The maximum atomic E-state index is 7.03. The lowest BCUT2D eigenvalue weighted by molar-refractivity contribution is 0.674. The molecule has 0 unspecified atom stereocenters. The zero-order chi connectivity index (χ0) is 46.6. The predicted molar refractivity (Wildman–Crippen MR) is 296 cm³/mol. The summed E-state index contributed by atoms with van der Waals surface area (Å²) in [6.45, 7) is 0. The first kappa shape index (κ1) is 39.7. The van der Waals surface area contributed by atoms with Crippen LogP contribution in [0.15, 0.2) is 265 Å². The van der Waals surface area contributed by atoms with Gasteiger partial charge in [0, 0.05) is 38.7 Å². The molecule has 0 radical (unpaired) electrons. The summed E-state index contributed by atoms with van der Waals surface area (Å²) < 4.78 is 7.03. The zero-order valence-electron chi connectivity index (χ0n) is 38.7. The van der Waals surface area contributed by atoms with E-state index in [0.717, 1.165) is 61.1 Å². The highest BCUT2D eigenvalue weighted by Gasteiger charge is 2.51. The SMILES string of the molecule is c1ccc(N(c2ccc(-c3ccc(-c4cccc5ccccc45)cc3)cc2)c2ccc3c(c2)C2(c4ccccc4-c4ccccc42)c2ccccc2-3)c(-c2cccc3c2oc2c4ccccc4ccc32)c1. The first-order chi connectivity index (χ1) is 35.2. The summed E-state index contributed by atoms with van der Waals surface area (Å²) in [6.07, 6.45) is 0. The molecule has 1 heterocycles. The van der Waals surface area contributed by atoms with E-state index >= 15 is 0 Å². The average molecular weight is 902 g/mol. The van der Waals surface area contributed by atoms with Crippen LogP contribution in [-0.2, 0) is 5.41 Å². The molecule has 12 aromatic carbocycles. The standard InChI is InChI=1S/C69H43NO/c1-3-18-51-46(15-1)17-13-24-52(51)48-33-31-44(32-34-48)45-35-38-49(39-36-45)70(66-30-12-8-23-58(66)59-25-14-26-60-61-41-37-47-16-2-4-19-53(47)67(61)71-68(59)60)50-40-42-57-56-22-7-11-29-64(56)69(65(57)43-50)62-27-9-5-20-54(62)55-21-6-10-28-63(55)69/h1-43H. The fraction of sp³-hybridized carbons (Fsp3) is 0.0145. The molecule has 1 spiro atoms. The first-order valence-electron chi connectivity index (χ1n) is 24.6. The molecule has 13 aromatic rings. The van der Waals surface area contributed by atoms with Crippen LogP contribution in [-0.4, -0.2) is 0 Å². The van der Waals surface area contributed by atoms with Crippen molar-refractivity contribution < 1.29 is 4.42 Å². The molecule has 2 aliphatic rings. The van der Waals surface area contributed by atoms with Crippen LogP contribution in [0.3, 0.4) is 0 Å². The lowest BCUT2D eigenvalue weighted by Gasteiger charge is -2.32. The number of fused-ring (bicyclic) bond motifs is 16. The number of rotatable bonds is 6. The Hall–Kier alpha value is -9.24. The van der Waals surface area contributed by atoms with E-state index in [-0.39, 0.29) is 0 Å². The van der Waals surface area contributed by atoms with E-state index in [0.29, 0.717) is 0 Å². The Morgan fingerprint density at radius 1 is 0.268 bits per heavy atom. The molecule has 71 heavy (non-hydrogen) atoms. The van der Waals surface area contributed by atoms with Gasteiger partial charge in [0.05, 0.1) is 11.1 Å². The number of hydrogen-bond acceptors (Lipinski definition) is 2. The largest absolute Gasteiger partial charge is 0.455 e. The van der Waals surface area contributed by atoms with Crippen molar-refractivity contribution in [3.63, 3.8) is 0 Å². The quantitative estimate of drug-likeness (QED) is 0.165. The lowest BCUT2D eigenvalue weighted by atomic mass is 9.70. The average Bonchev–Trinajstić information content (AvgIpc) is 4.08. The van der Waals surface area contributed by atoms with Gasteiger partial charge in [0.1, 0.15) is 11.2 Å². The van der Waals surface area contributed by atoms with Crippen LogP contribution in [0, 0.1) is 0 Å². The molecule has 2 heteroatoms. The second kappa shape index (κ2) is 15.4. The molecule has 330 valence electrons. The number of nitrogens with zero attached hydrogens (tertiary/aromatic N) is 1. The van der Waals surface area contributed by atoms with Gasteiger partial charge in [-0.1, -0.05) is 224 Å². The summed E-state index contributed by atoms with van der Waals surface area (Å²) in [4.78, 5) is 2.46. The van der Waals surface area contributed by atoms with Crippen molar-refractivity contribution >= 4 is 60.5 Å². The first-order valence-corrected chi connectivity index (χ1v) is 24.6. The van der Waals surface area contributed by atoms with Gasteiger partial charge >= 0.3 is 0 Å². The van der Waals surface area contributed by atoms with Crippen LogP contribution in [0.2, 0.25) is 0 Å². The van der Waals surface area contributed by atoms with Crippen LogP contribution in [0.4, 0.5) is 17.1 Å². The molecule has 0 saturated heterocycles. The second-order valence-electron chi connectivity index (χ2n) is 19.1. The summed E-state index contributed by atoms with van der Waals surface area (Å²) in [5, 5.41) is 7.03. The summed E-state index contributed by atoms with van der Waals surface area (Å²) in [5.41, 5.74) is 21.9. The molecule has 0 atom stereocenters. The third kappa shape index (κ3) is 5.77. The van der Waals surface area contributed by atoms with E-state index in [1.165, 1.54) is 77.4 Å². The number of para-hydroxylation sites is 2. The van der Waals surface area contributed by atoms with Gasteiger partial charge in [-0.15, -0.1) is 0 Å². The van der Waals surface area contributed by atoms with Crippen LogP contribution in [0.1, 0.15) is 22.3 Å². The van der Waals surface area contributed by atoms with E-state index in [1.54, 1.807) is 0 Å². The van der Waals surface area contributed by atoms with Gasteiger partial charge in [-0.05, 0) is 119 Å². The molecule has 0 N–H and O–H groups in total. The normalized spacial score (nSPS) is 12.9. The van der Waals surface area contributed by atoms with E-state index in [2.05, 4.69) is 266 Å². The lowest BCUT2D eigenvalue weighted by Crippen LogP contribution is -2.26. The van der Waals surface area contributed by atoms with E-state index in [9.17, 15) is 0 Å². The van der Waals surface area contributed by atoms with Crippen LogP contribution < -0.4 is 4.90 Å². The molecular weight excluding hydrogens is 859 g/mol. The van der Waals surface area contributed by atoms with Crippen molar-refractivity contribution in [2.45, 2.75) is 5.41 Å². The van der Waals surface area contributed by atoms with Crippen LogP contribution in [0.5, 0.6) is 0 Å². The number of benzene rings is 12. The minimum absolute atomic E-state index is 0.481. The zero-order valence-corrected chi connectivity index (χ0v) is 38.7. The number of anilines is 3. The van der Waals surface area contributed by atoms with Crippen molar-refractivity contribution in [1.29, 1.82) is 0 Å². The van der Waals surface area contributed by atoms with Gasteiger partial charge in [-0.25, -0.2) is 0 Å². The molecule has 1 aromatic heterocycles. The number of hydrogen-bond donors (Lipinski definition) is 0. The van der Waals surface area contributed by atoms with E-state index in [4.69, 9.17) is 4.42 Å². The fourth-order valence-corrected chi connectivity index (χ4v) is 12.4. The molecule has 15 rings (SSSR count). The van der Waals surface area contributed by atoms with Crippen LogP contribution >= 0.6 is 0 Å². The smallest absolute Gasteiger partial charge is 0.143 e. The van der Waals surface area contributed by atoms with Crippen LogP contribution in [0.25, 0.3) is 99.1 Å². The van der Waals surface area contributed by atoms with E-state index in [1.807, 2.05) is 0 Å². The van der Waals surface area contributed by atoms with Gasteiger partial charge in [-0.3, -0.25) is 0 Å². The molecule has 0 bridgehead atoms. The van der Waals surface area contributed by atoms with Crippen molar-refractivity contribution in [3.8, 4) is 55.6 Å². The molecule has 2 aliphatic carbocycles. The van der Waals surface area contributed by atoms with Crippen molar-refractivity contribution in [2.75, 3.05) is 4.90 Å². The Morgan fingerprint density at radius 2 is 0.732 bits per heavy atom. The minimum Gasteiger partial charge on any atom is -0.455 e. The molecule has 0 amide bonds. The molecule has 0 fully saturated rings. The van der Waals surface area contributed by atoms with Gasteiger partial charge < -0.3 is 9.32 Å². The number of furan rings is 1. The highest BCUT2D eigenvalue weighted by Crippen LogP contribution is 2.63. The van der Waals surface area contributed by atoms with Gasteiger partial charge in [0.25, 0.3) is 0 Å². The second-order valence-corrected chi connectivity index (χ2v) is 19.1. The molecule has 0 aliphatic heterocycles. The topological polar surface area (TPSA) is 16.4 Å². The van der Waals surface area contributed by atoms with E-state index < -0.39 is 5.41 Å².